The van der Waals surface area contributed by atoms with Gasteiger partial charge in [-0.1, -0.05) is 12.1 Å². The lowest BCUT2D eigenvalue weighted by Crippen LogP contribution is -2.22. The van der Waals surface area contributed by atoms with Crippen molar-refractivity contribution in [2.45, 2.75) is 6.92 Å². The molecule has 0 aliphatic rings. The smallest absolute Gasteiger partial charge is 0.335 e. The van der Waals surface area contributed by atoms with Gasteiger partial charge in [0.15, 0.2) is 0 Å². The minimum atomic E-state index is -1.10. The zero-order valence-corrected chi connectivity index (χ0v) is 11.5. The van der Waals surface area contributed by atoms with E-state index < -0.39 is 5.97 Å². The van der Waals surface area contributed by atoms with Gasteiger partial charge in [0.2, 0.25) is 0 Å². The maximum atomic E-state index is 11.8. The van der Waals surface area contributed by atoms with Crippen LogP contribution in [0.25, 0.3) is 11.1 Å². The predicted octanol–water partition coefficient (Wildman–Crippen LogP) is 2.51. The summed E-state index contributed by atoms with van der Waals surface area (Å²) in [4.78, 5) is 22.7. The molecule has 0 saturated heterocycles. The Hall–Kier alpha value is -2.82. The Morgan fingerprint density at radius 1 is 1.10 bits per heavy atom. The molecule has 0 spiro atoms. The van der Waals surface area contributed by atoms with Crippen molar-refractivity contribution in [1.82, 2.24) is 5.32 Å². The Morgan fingerprint density at radius 2 is 1.86 bits per heavy atom. The van der Waals surface area contributed by atoms with Gasteiger partial charge in [-0.15, -0.1) is 0 Å². The van der Waals surface area contributed by atoms with Crippen molar-refractivity contribution in [3.8, 4) is 16.9 Å². The molecule has 0 aliphatic heterocycles. The first kappa shape index (κ1) is 14.6. The summed E-state index contributed by atoms with van der Waals surface area (Å²) in [7, 11) is 0. The van der Waals surface area contributed by atoms with Gasteiger partial charge >= 0.3 is 5.97 Å². The third kappa shape index (κ3) is 3.20. The number of carbonyl (C=O) groups excluding carboxylic acids is 1. The fraction of sp³-hybridized carbons (Fsp3) is 0.125. The van der Waals surface area contributed by atoms with Crippen LogP contribution >= 0.6 is 0 Å². The van der Waals surface area contributed by atoms with Crippen molar-refractivity contribution in [2.24, 2.45) is 0 Å². The first-order valence-electron chi connectivity index (χ1n) is 6.48. The van der Waals surface area contributed by atoms with E-state index in [4.69, 9.17) is 5.11 Å². The molecule has 3 N–H and O–H groups in total. The van der Waals surface area contributed by atoms with Crippen LogP contribution in [0.15, 0.2) is 42.5 Å². The first-order chi connectivity index (χ1) is 10.0. The molecule has 0 bridgehead atoms. The Bertz CT molecular complexity index is 694. The summed E-state index contributed by atoms with van der Waals surface area (Å²) in [6.07, 6.45) is 0. The topological polar surface area (TPSA) is 86.6 Å². The Balaban J connectivity index is 2.40. The summed E-state index contributed by atoms with van der Waals surface area (Å²) >= 11 is 0. The number of nitrogens with one attached hydrogen (secondary N) is 1. The monoisotopic (exact) mass is 285 g/mol. The van der Waals surface area contributed by atoms with Crippen LogP contribution in [0, 0.1) is 0 Å². The van der Waals surface area contributed by atoms with Gasteiger partial charge in [-0.05, 0) is 42.8 Å². The van der Waals surface area contributed by atoms with Gasteiger partial charge in [-0.2, -0.15) is 0 Å². The third-order valence-electron chi connectivity index (χ3n) is 3.02. The number of rotatable bonds is 4. The SMILES string of the molecule is CCNC(=O)c1cccc(-c2ccc(C(=O)O)cc2O)c1. The van der Waals surface area contributed by atoms with Gasteiger partial charge in [-0.3, -0.25) is 4.79 Å². The van der Waals surface area contributed by atoms with Crippen molar-refractivity contribution < 1.29 is 19.8 Å². The van der Waals surface area contributed by atoms with Crippen molar-refractivity contribution in [2.75, 3.05) is 6.54 Å². The average Bonchev–Trinajstić information content (AvgIpc) is 2.47. The lowest BCUT2D eigenvalue weighted by molar-refractivity contribution is 0.0696. The van der Waals surface area contributed by atoms with Crippen LogP contribution in [0.1, 0.15) is 27.6 Å². The molecule has 0 heterocycles. The van der Waals surface area contributed by atoms with E-state index in [1.54, 1.807) is 24.3 Å². The Labute approximate surface area is 121 Å². The molecular weight excluding hydrogens is 270 g/mol. The standard InChI is InChI=1S/C16H15NO4/c1-2-17-15(19)11-5-3-4-10(8-11)13-7-6-12(16(20)21)9-14(13)18/h3-9,18H,2H2,1H3,(H,17,19)(H,20,21). The Kier molecular flexibility index (Phi) is 4.23. The molecule has 1 amide bonds. The highest BCUT2D eigenvalue weighted by Gasteiger charge is 2.11. The largest absolute Gasteiger partial charge is 0.507 e. The Morgan fingerprint density at radius 3 is 2.48 bits per heavy atom. The second-order valence-electron chi connectivity index (χ2n) is 4.48. The molecular formula is C16H15NO4. The number of carboxylic acids is 1. The van der Waals surface area contributed by atoms with Crippen LogP contribution in [-0.4, -0.2) is 28.6 Å². The van der Waals surface area contributed by atoms with E-state index >= 15 is 0 Å². The molecule has 2 aromatic carbocycles. The number of phenolic OH excluding ortho intramolecular Hbond substituents is 1. The van der Waals surface area contributed by atoms with Gasteiger partial charge in [-0.25, -0.2) is 4.79 Å². The van der Waals surface area contributed by atoms with Crippen LogP contribution in [-0.2, 0) is 0 Å². The van der Waals surface area contributed by atoms with E-state index in [9.17, 15) is 14.7 Å². The summed E-state index contributed by atoms with van der Waals surface area (Å²) in [6.45, 7) is 2.36. The summed E-state index contributed by atoms with van der Waals surface area (Å²) < 4.78 is 0. The van der Waals surface area contributed by atoms with Crippen molar-refractivity contribution in [3.05, 3.63) is 53.6 Å². The van der Waals surface area contributed by atoms with Gasteiger partial charge in [0.05, 0.1) is 5.56 Å². The molecule has 0 radical (unpaired) electrons. The zero-order chi connectivity index (χ0) is 15.4. The van der Waals surface area contributed by atoms with E-state index in [1.165, 1.54) is 18.2 Å². The van der Waals surface area contributed by atoms with Crippen LogP contribution < -0.4 is 5.32 Å². The van der Waals surface area contributed by atoms with E-state index in [0.29, 0.717) is 23.2 Å². The van der Waals surface area contributed by atoms with E-state index in [-0.39, 0.29) is 17.2 Å². The highest BCUT2D eigenvalue weighted by atomic mass is 16.4. The number of hydrogen-bond donors (Lipinski definition) is 3. The maximum absolute atomic E-state index is 11.8. The summed E-state index contributed by atoms with van der Waals surface area (Å²) in [5.41, 5.74) is 1.62. The fourth-order valence-corrected chi connectivity index (χ4v) is 2.00. The maximum Gasteiger partial charge on any atom is 0.335 e. The van der Waals surface area contributed by atoms with E-state index in [1.807, 2.05) is 6.92 Å². The van der Waals surface area contributed by atoms with Crippen LogP contribution in [0.5, 0.6) is 5.75 Å². The van der Waals surface area contributed by atoms with Crippen LogP contribution in [0.3, 0.4) is 0 Å². The lowest BCUT2D eigenvalue weighted by atomic mass is 10.0. The van der Waals surface area contributed by atoms with Gasteiger partial charge < -0.3 is 15.5 Å². The van der Waals surface area contributed by atoms with Gasteiger partial charge in [0.1, 0.15) is 5.75 Å². The molecule has 0 fully saturated rings. The van der Waals surface area contributed by atoms with E-state index in [0.717, 1.165) is 0 Å². The molecule has 0 unspecified atom stereocenters. The third-order valence-corrected chi connectivity index (χ3v) is 3.02. The number of hydrogen-bond acceptors (Lipinski definition) is 3. The second kappa shape index (κ2) is 6.09. The highest BCUT2D eigenvalue weighted by molar-refractivity contribution is 5.96. The van der Waals surface area contributed by atoms with Gasteiger partial charge in [0.25, 0.3) is 5.91 Å². The molecule has 108 valence electrons. The number of carbonyl (C=O) groups is 2. The average molecular weight is 285 g/mol. The van der Waals surface area contributed by atoms with Crippen molar-refractivity contribution in [1.29, 1.82) is 0 Å². The second-order valence-corrected chi connectivity index (χ2v) is 4.48. The lowest BCUT2D eigenvalue weighted by Gasteiger charge is -2.08. The van der Waals surface area contributed by atoms with Crippen LogP contribution in [0.4, 0.5) is 0 Å². The predicted molar refractivity (Wildman–Crippen MR) is 78.5 cm³/mol. The first-order valence-corrected chi connectivity index (χ1v) is 6.48. The summed E-state index contributed by atoms with van der Waals surface area (Å²) in [5, 5.41) is 21.5. The number of amides is 1. The summed E-state index contributed by atoms with van der Waals surface area (Å²) in [5.74, 6) is -1.43. The number of aromatic hydroxyl groups is 1. The molecule has 0 aliphatic carbocycles. The minimum absolute atomic E-state index is 0.0103. The molecule has 2 aromatic rings. The number of aromatic carboxylic acids is 1. The molecule has 5 nitrogen and oxygen atoms in total. The minimum Gasteiger partial charge on any atom is -0.507 e. The molecule has 21 heavy (non-hydrogen) atoms. The molecule has 0 saturated carbocycles. The van der Waals surface area contributed by atoms with E-state index in [2.05, 4.69) is 5.32 Å². The zero-order valence-electron chi connectivity index (χ0n) is 11.5. The van der Waals surface area contributed by atoms with Crippen molar-refractivity contribution in [3.63, 3.8) is 0 Å². The normalized spacial score (nSPS) is 10.1. The molecule has 2 rings (SSSR count). The number of carboxylic acid groups (broad SMARTS) is 1. The molecule has 5 heteroatoms. The molecule has 0 aromatic heterocycles. The van der Waals surface area contributed by atoms with Crippen molar-refractivity contribution >= 4 is 11.9 Å². The quantitative estimate of drug-likeness (QED) is 0.805. The fourth-order valence-electron chi connectivity index (χ4n) is 2.00. The summed E-state index contributed by atoms with van der Waals surface area (Å²) in [6, 6.07) is 10.9. The van der Waals surface area contributed by atoms with Gasteiger partial charge in [0, 0.05) is 17.7 Å². The number of phenols is 1. The number of benzene rings is 2. The van der Waals surface area contributed by atoms with Crippen LogP contribution in [0.2, 0.25) is 0 Å². The molecule has 0 atom stereocenters. The highest BCUT2D eigenvalue weighted by Crippen LogP contribution is 2.30.